The summed E-state index contributed by atoms with van der Waals surface area (Å²) in [6, 6.07) is 5.21. The number of ether oxygens (including phenoxy) is 1. The summed E-state index contributed by atoms with van der Waals surface area (Å²) in [5.41, 5.74) is 2.84. The maximum absolute atomic E-state index is 12.5. The number of carbonyl (C=O) groups is 4. The Hall–Kier alpha value is -2.90. The van der Waals surface area contributed by atoms with Gasteiger partial charge in [0.2, 0.25) is 5.91 Å². The molecule has 2 atom stereocenters. The molecule has 4 amide bonds. The predicted molar refractivity (Wildman–Crippen MR) is 97.0 cm³/mol. The highest BCUT2D eigenvalue weighted by Gasteiger charge is 2.39. The molecule has 144 valence electrons. The van der Waals surface area contributed by atoms with Crippen molar-refractivity contribution in [1.29, 1.82) is 0 Å². The molecule has 1 aromatic rings. The van der Waals surface area contributed by atoms with Crippen molar-refractivity contribution in [3.63, 3.8) is 0 Å². The number of hydrogen-bond acceptors (Lipinski definition) is 5. The first kappa shape index (κ1) is 18.9. The number of hydrogen-bond donors (Lipinski definition) is 1. The zero-order valence-corrected chi connectivity index (χ0v) is 15.7. The fourth-order valence-electron chi connectivity index (χ4n) is 3.35. The van der Waals surface area contributed by atoms with E-state index in [-0.39, 0.29) is 25.4 Å². The second kappa shape index (κ2) is 7.38. The van der Waals surface area contributed by atoms with Gasteiger partial charge in [-0.1, -0.05) is 12.1 Å². The predicted octanol–water partition coefficient (Wildman–Crippen LogP) is 1.14. The summed E-state index contributed by atoms with van der Waals surface area (Å²) < 4.78 is 5.25. The quantitative estimate of drug-likeness (QED) is 0.799. The van der Waals surface area contributed by atoms with Crippen molar-refractivity contribution in [2.45, 2.75) is 33.3 Å². The number of benzene rings is 1. The van der Waals surface area contributed by atoms with E-state index >= 15 is 0 Å². The number of rotatable bonds is 4. The lowest BCUT2D eigenvalue weighted by Gasteiger charge is -2.21. The molecule has 2 heterocycles. The van der Waals surface area contributed by atoms with E-state index < -0.39 is 29.9 Å². The van der Waals surface area contributed by atoms with Crippen LogP contribution >= 0.6 is 0 Å². The van der Waals surface area contributed by atoms with Crippen LogP contribution < -0.4 is 10.2 Å². The standard InChI is InChI=1S/C19H23N3O5/c1-11-5-4-6-15(12(11)2)22-10-14(9-16(22)23)18(25)27-13(3)17(24)21-8-7-20-19(21)26/h4-6,13-14H,7-10H2,1-3H3,(H,20,26)/t13-,14-/m1/s1. The lowest BCUT2D eigenvalue weighted by molar-refractivity contribution is -0.160. The summed E-state index contributed by atoms with van der Waals surface area (Å²) in [7, 11) is 0. The van der Waals surface area contributed by atoms with Gasteiger partial charge in [-0.25, -0.2) is 4.79 Å². The van der Waals surface area contributed by atoms with Crippen LogP contribution in [0.1, 0.15) is 24.5 Å². The Morgan fingerprint density at radius 3 is 2.67 bits per heavy atom. The molecule has 0 bridgehead atoms. The molecular weight excluding hydrogens is 350 g/mol. The molecule has 2 aliphatic rings. The highest BCUT2D eigenvalue weighted by molar-refractivity contribution is 6.01. The lowest BCUT2D eigenvalue weighted by atomic mass is 10.1. The Balaban J connectivity index is 1.64. The summed E-state index contributed by atoms with van der Waals surface area (Å²) in [5.74, 6) is -1.95. The maximum atomic E-state index is 12.5. The summed E-state index contributed by atoms with van der Waals surface area (Å²) in [6.45, 7) is 6.19. The largest absolute Gasteiger partial charge is 0.452 e. The molecule has 0 unspecified atom stereocenters. The van der Waals surface area contributed by atoms with Crippen molar-refractivity contribution in [1.82, 2.24) is 10.2 Å². The zero-order chi connectivity index (χ0) is 19.7. The molecule has 1 N–H and O–H groups in total. The van der Waals surface area contributed by atoms with E-state index in [1.165, 1.54) is 6.92 Å². The van der Waals surface area contributed by atoms with E-state index in [9.17, 15) is 19.2 Å². The molecule has 8 heteroatoms. The second-order valence-electron chi connectivity index (χ2n) is 6.93. The third-order valence-electron chi connectivity index (χ3n) is 5.09. The number of aryl methyl sites for hydroxylation is 1. The highest BCUT2D eigenvalue weighted by Crippen LogP contribution is 2.30. The molecule has 1 aromatic carbocycles. The van der Waals surface area contributed by atoms with E-state index in [2.05, 4.69) is 5.32 Å². The summed E-state index contributed by atoms with van der Waals surface area (Å²) in [5, 5.41) is 2.53. The Bertz CT molecular complexity index is 807. The Kier molecular flexibility index (Phi) is 5.16. The van der Waals surface area contributed by atoms with Gasteiger partial charge in [-0.05, 0) is 38.0 Å². The number of urea groups is 1. The molecular formula is C19H23N3O5. The van der Waals surface area contributed by atoms with E-state index in [1.807, 2.05) is 32.0 Å². The third kappa shape index (κ3) is 3.65. The van der Waals surface area contributed by atoms with Crippen LogP contribution in [0.25, 0.3) is 0 Å². The average Bonchev–Trinajstić information content (AvgIpc) is 3.22. The minimum atomic E-state index is -1.08. The monoisotopic (exact) mass is 373 g/mol. The molecule has 0 aromatic heterocycles. The van der Waals surface area contributed by atoms with E-state index in [0.717, 1.165) is 21.7 Å². The minimum Gasteiger partial charge on any atom is -0.452 e. The van der Waals surface area contributed by atoms with Crippen LogP contribution in [0.3, 0.4) is 0 Å². The molecule has 2 fully saturated rings. The van der Waals surface area contributed by atoms with Crippen LogP contribution in [0.4, 0.5) is 10.5 Å². The first-order valence-electron chi connectivity index (χ1n) is 8.96. The Labute approximate surface area is 157 Å². The van der Waals surface area contributed by atoms with E-state index in [1.54, 1.807) is 4.90 Å². The Morgan fingerprint density at radius 1 is 1.26 bits per heavy atom. The fourth-order valence-corrected chi connectivity index (χ4v) is 3.35. The van der Waals surface area contributed by atoms with Gasteiger partial charge < -0.3 is 15.0 Å². The van der Waals surface area contributed by atoms with Gasteiger partial charge >= 0.3 is 12.0 Å². The number of nitrogens with zero attached hydrogens (tertiary/aromatic N) is 2. The van der Waals surface area contributed by atoms with Gasteiger partial charge in [-0.3, -0.25) is 19.3 Å². The van der Waals surface area contributed by atoms with Gasteiger partial charge in [-0.15, -0.1) is 0 Å². The van der Waals surface area contributed by atoms with E-state index in [0.29, 0.717) is 6.54 Å². The van der Waals surface area contributed by atoms with Gasteiger partial charge in [0.25, 0.3) is 5.91 Å². The average molecular weight is 373 g/mol. The molecule has 2 aliphatic heterocycles. The van der Waals surface area contributed by atoms with Gasteiger partial charge in [0.1, 0.15) is 0 Å². The van der Waals surface area contributed by atoms with Gasteiger partial charge in [0, 0.05) is 31.7 Å². The SMILES string of the molecule is Cc1cccc(N2C[C@H](C(=O)O[C@H](C)C(=O)N3CCNC3=O)CC2=O)c1C. The number of amides is 4. The normalized spacial score (nSPS) is 20.6. The molecule has 2 saturated heterocycles. The lowest BCUT2D eigenvalue weighted by Crippen LogP contribution is -2.42. The smallest absolute Gasteiger partial charge is 0.324 e. The molecule has 8 nitrogen and oxygen atoms in total. The molecule has 0 saturated carbocycles. The maximum Gasteiger partial charge on any atom is 0.324 e. The van der Waals surface area contributed by atoms with Crippen LogP contribution in [0.5, 0.6) is 0 Å². The number of carbonyl (C=O) groups excluding carboxylic acids is 4. The van der Waals surface area contributed by atoms with Crippen molar-refractivity contribution in [3.05, 3.63) is 29.3 Å². The van der Waals surface area contributed by atoms with Gasteiger partial charge in [0.05, 0.1) is 5.92 Å². The molecule has 3 rings (SSSR count). The number of anilines is 1. The first-order chi connectivity index (χ1) is 12.8. The molecule has 27 heavy (non-hydrogen) atoms. The van der Waals surface area contributed by atoms with Crippen LogP contribution in [0.15, 0.2) is 18.2 Å². The van der Waals surface area contributed by atoms with Crippen molar-refractivity contribution < 1.29 is 23.9 Å². The van der Waals surface area contributed by atoms with Crippen LogP contribution in [0, 0.1) is 19.8 Å². The van der Waals surface area contributed by atoms with Crippen LogP contribution in [0.2, 0.25) is 0 Å². The van der Waals surface area contributed by atoms with Crippen LogP contribution in [-0.2, 0) is 19.1 Å². The van der Waals surface area contributed by atoms with Gasteiger partial charge in [-0.2, -0.15) is 0 Å². The third-order valence-corrected chi connectivity index (χ3v) is 5.09. The second-order valence-corrected chi connectivity index (χ2v) is 6.93. The summed E-state index contributed by atoms with van der Waals surface area (Å²) >= 11 is 0. The minimum absolute atomic E-state index is 0.0390. The van der Waals surface area contributed by atoms with Crippen molar-refractivity contribution >= 4 is 29.5 Å². The molecule has 0 aliphatic carbocycles. The summed E-state index contributed by atoms with van der Waals surface area (Å²) in [4.78, 5) is 51.3. The van der Waals surface area contributed by atoms with Crippen molar-refractivity contribution in [3.8, 4) is 0 Å². The van der Waals surface area contributed by atoms with Crippen molar-refractivity contribution in [2.75, 3.05) is 24.5 Å². The topological polar surface area (TPSA) is 96.0 Å². The summed E-state index contributed by atoms with van der Waals surface area (Å²) in [6.07, 6.45) is -1.04. The van der Waals surface area contributed by atoms with Gasteiger partial charge in [0.15, 0.2) is 6.10 Å². The van der Waals surface area contributed by atoms with Crippen molar-refractivity contribution in [2.24, 2.45) is 5.92 Å². The zero-order valence-electron chi connectivity index (χ0n) is 15.7. The number of esters is 1. The molecule has 0 radical (unpaired) electrons. The van der Waals surface area contributed by atoms with Crippen LogP contribution in [-0.4, -0.2) is 54.5 Å². The highest BCUT2D eigenvalue weighted by atomic mass is 16.5. The first-order valence-corrected chi connectivity index (χ1v) is 8.96. The number of nitrogens with one attached hydrogen (secondary N) is 1. The molecule has 0 spiro atoms. The van der Waals surface area contributed by atoms with E-state index in [4.69, 9.17) is 4.74 Å². The fraction of sp³-hybridized carbons (Fsp3) is 0.474. The Morgan fingerprint density at radius 2 is 2.00 bits per heavy atom. The number of imide groups is 1.